The van der Waals surface area contributed by atoms with Crippen LogP contribution in [-0.2, 0) is 32.6 Å². The van der Waals surface area contributed by atoms with Crippen molar-refractivity contribution in [3.8, 4) is 5.75 Å². The van der Waals surface area contributed by atoms with E-state index in [0.29, 0.717) is 12.3 Å². The van der Waals surface area contributed by atoms with Gasteiger partial charge in [-0.15, -0.1) is 0 Å². The molecule has 1 atom stereocenters. The van der Waals surface area contributed by atoms with Crippen LogP contribution in [0, 0.1) is 19.8 Å². The van der Waals surface area contributed by atoms with E-state index in [-0.39, 0.29) is 35.4 Å². The van der Waals surface area contributed by atoms with Crippen molar-refractivity contribution in [1.29, 1.82) is 0 Å². The average molecular weight is 642 g/mol. The fraction of sp³-hybridized carbons (Fsp3) is 0.297. The van der Waals surface area contributed by atoms with Gasteiger partial charge in [0.2, 0.25) is 11.8 Å². The first-order valence-electron chi connectivity index (χ1n) is 15.4. The molecular formula is C37H43N3O5S. The maximum atomic E-state index is 14.6. The summed E-state index contributed by atoms with van der Waals surface area (Å²) in [6, 6.07) is 29.5. The molecule has 0 aliphatic carbocycles. The zero-order chi connectivity index (χ0) is 33.3. The minimum Gasteiger partial charge on any atom is -0.495 e. The van der Waals surface area contributed by atoms with Gasteiger partial charge >= 0.3 is 0 Å². The van der Waals surface area contributed by atoms with Gasteiger partial charge in [-0.3, -0.25) is 13.9 Å². The molecule has 9 heteroatoms. The minimum atomic E-state index is -4.23. The van der Waals surface area contributed by atoms with Crippen molar-refractivity contribution in [2.45, 2.75) is 51.6 Å². The first-order chi connectivity index (χ1) is 22.0. The first kappa shape index (κ1) is 34.2. The largest absolute Gasteiger partial charge is 0.495 e. The molecule has 1 N–H and O–H groups in total. The Labute approximate surface area is 273 Å². The molecule has 8 nitrogen and oxygen atoms in total. The number of ether oxygens (including phenoxy) is 1. The van der Waals surface area contributed by atoms with Crippen molar-refractivity contribution in [2.75, 3.05) is 24.5 Å². The Morgan fingerprint density at radius 3 is 1.98 bits per heavy atom. The number of para-hydroxylation sites is 2. The number of benzene rings is 4. The first-order valence-corrected chi connectivity index (χ1v) is 16.8. The zero-order valence-corrected chi connectivity index (χ0v) is 28.0. The van der Waals surface area contributed by atoms with Crippen LogP contribution in [0.5, 0.6) is 5.75 Å². The fourth-order valence-electron chi connectivity index (χ4n) is 5.05. The van der Waals surface area contributed by atoms with Gasteiger partial charge in [0.05, 0.1) is 17.7 Å². The van der Waals surface area contributed by atoms with Crippen molar-refractivity contribution < 1.29 is 22.7 Å². The van der Waals surface area contributed by atoms with Crippen LogP contribution in [-0.4, -0.2) is 51.4 Å². The zero-order valence-electron chi connectivity index (χ0n) is 27.1. The van der Waals surface area contributed by atoms with E-state index in [1.54, 1.807) is 36.4 Å². The number of carbonyl (C=O) groups excluding carboxylic acids is 2. The van der Waals surface area contributed by atoms with Crippen molar-refractivity contribution in [2.24, 2.45) is 5.92 Å². The highest BCUT2D eigenvalue weighted by molar-refractivity contribution is 7.92. The van der Waals surface area contributed by atoms with Crippen molar-refractivity contribution in [3.63, 3.8) is 0 Å². The third kappa shape index (κ3) is 8.75. The van der Waals surface area contributed by atoms with E-state index in [9.17, 15) is 18.0 Å². The van der Waals surface area contributed by atoms with Crippen LogP contribution < -0.4 is 14.4 Å². The monoisotopic (exact) mass is 641 g/mol. The summed E-state index contributed by atoms with van der Waals surface area (Å²) in [5.74, 6) is -0.333. The molecule has 0 radical (unpaired) electrons. The highest BCUT2D eigenvalue weighted by atomic mass is 32.2. The van der Waals surface area contributed by atoms with Gasteiger partial charge in [-0.2, -0.15) is 0 Å². The lowest BCUT2D eigenvalue weighted by Gasteiger charge is -2.34. The van der Waals surface area contributed by atoms with Gasteiger partial charge in [-0.25, -0.2) is 8.42 Å². The topological polar surface area (TPSA) is 96.0 Å². The molecule has 4 aromatic rings. The van der Waals surface area contributed by atoms with Gasteiger partial charge in [0, 0.05) is 19.5 Å². The van der Waals surface area contributed by atoms with Crippen LogP contribution >= 0.6 is 0 Å². The van der Waals surface area contributed by atoms with Crippen LogP contribution in [0.25, 0.3) is 0 Å². The van der Waals surface area contributed by atoms with Crippen molar-refractivity contribution in [1.82, 2.24) is 10.2 Å². The summed E-state index contributed by atoms with van der Waals surface area (Å²) in [5, 5.41) is 3.01. The third-order valence-electron chi connectivity index (χ3n) is 7.67. The maximum absolute atomic E-state index is 14.6. The van der Waals surface area contributed by atoms with Gasteiger partial charge in [-0.1, -0.05) is 104 Å². The van der Waals surface area contributed by atoms with Crippen molar-refractivity contribution in [3.05, 3.63) is 125 Å². The Kier molecular flexibility index (Phi) is 11.6. The Balaban J connectivity index is 1.82. The van der Waals surface area contributed by atoms with Gasteiger partial charge in [-0.05, 0) is 55.2 Å². The van der Waals surface area contributed by atoms with E-state index in [0.717, 1.165) is 26.6 Å². The summed E-state index contributed by atoms with van der Waals surface area (Å²) in [7, 11) is -2.78. The molecule has 0 aliphatic rings. The molecule has 0 spiro atoms. The lowest BCUT2D eigenvalue weighted by atomic mass is 10.0. The number of nitrogens with one attached hydrogen (secondary N) is 1. The van der Waals surface area contributed by atoms with E-state index >= 15 is 0 Å². The van der Waals surface area contributed by atoms with Crippen molar-refractivity contribution >= 4 is 27.5 Å². The molecule has 46 heavy (non-hydrogen) atoms. The van der Waals surface area contributed by atoms with Crippen LogP contribution in [0.4, 0.5) is 5.69 Å². The van der Waals surface area contributed by atoms with E-state index in [1.807, 2.05) is 82.3 Å². The predicted molar refractivity (Wildman–Crippen MR) is 182 cm³/mol. The number of aryl methyl sites for hydroxylation is 2. The predicted octanol–water partition coefficient (Wildman–Crippen LogP) is 5.92. The summed E-state index contributed by atoms with van der Waals surface area (Å²) >= 11 is 0. The Morgan fingerprint density at radius 1 is 0.783 bits per heavy atom. The van der Waals surface area contributed by atoms with Crippen LogP contribution in [0.3, 0.4) is 0 Å². The van der Waals surface area contributed by atoms with Gasteiger partial charge < -0.3 is 15.0 Å². The summed E-state index contributed by atoms with van der Waals surface area (Å²) < 4.78 is 35.1. The lowest BCUT2D eigenvalue weighted by molar-refractivity contribution is -0.140. The standard InChI is InChI=1S/C37H43N3O5S/c1-27(2)24-38-37(42)34(23-30-11-7-6-8-12-30)39(25-31-19-15-28(3)16-20-31)36(41)26-40(33-13-9-10-14-35(33)45-5)46(43,44)32-21-17-29(4)18-22-32/h6-22,27,34H,23-26H2,1-5H3,(H,38,42)/t34-/m1/s1. The molecule has 0 unspecified atom stereocenters. The van der Waals surface area contributed by atoms with Crippen LogP contribution in [0.2, 0.25) is 0 Å². The molecular weight excluding hydrogens is 598 g/mol. The molecule has 0 heterocycles. The summed E-state index contributed by atoms with van der Waals surface area (Å²) in [4.78, 5) is 30.0. The number of methoxy groups -OCH3 is 1. The highest BCUT2D eigenvalue weighted by Crippen LogP contribution is 2.33. The second-order valence-corrected chi connectivity index (χ2v) is 13.7. The molecule has 242 valence electrons. The number of carbonyl (C=O) groups is 2. The van der Waals surface area contributed by atoms with E-state index in [1.165, 1.54) is 24.1 Å². The molecule has 0 saturated carbocycles. The number of anilines is 1. The molecule has 4 aromatic carbocycles. The average Bonchev–Trinajstić information content (AvgIpc) is 3.05. The molecule has 0 saturated heterocycles. The SMILES string of the molecule is COc1ccccc1N(CC(=O)N(Cc1ccc(C)cc1)[C@H](Cc1ccccc1)C(=O)NCC(C)C)S(=O)(=O)c1ccc(C)cc1. The number of sulfonamides is 1. The second kappa shape index (κ2) is 15.6. The molecule has 0 bridgehead atoms. The Hall–Kier alpha value is -4.63. The van der Waals surface area contributed by atoms with Crippen LogP contribution in [0.15, 0.2) is 108 Å². The minimum absolute atomic E-state index is 0.0393. The fourth-order valence-corrected chi connectivity index (χ4v) is 6.48. The normalized spacial score (nSPS) is 12.0. The number of rotatable bonds is 14. The van der Waals surface area contributed by atoms with Gasteiger partial charge in [0.1, 0.15) is 18.3 Å². The maximum Gasteiger partial charge on any atom is 0.264 e. The summed E-state index contributed by atoms with van der Waals surface area (Å²) in [6.45, 7) is 7.85. The highest BCUT2D eigenvalue weighted by Gasteiger charge is 2.35. The Bertz CT molecular complexity index is 1710. The summed E-state index contributed by atoms with van der Waals surface area (Å²) in [6.07, 6.45) is 0.252. The van der Waals surface area contributed by atoms with E-state index < -0.39 is 28.5 Å². The third-order valence-corrected chi connectivity index (χ3v) is 9.44. The molecule has 0 aromatic heterocycles. The number of nitrogens with zero attached hydrogens (tertiary/aromatic N) is 2. The number of hydrogen-bond acceptors (Lipinski definition) is 5. The summed E-state index contributed by atoms with van der Waals surface area (Å²) in [5.41, 5.74) is 3.88. The van der Waals surface area contributed by atoms with Gasteiger partial charge in [0.25, 0.3) is 10.0 Å². The quantitative estimate of drug-likeness (QED) is 0.185. The van der Waals surface area contributed by atoms with Crippen LogP contribution in [0.1, 0.15) is 36.1 Å². The van der Waals surface area contributed by atoms with E-state index in [4.69, 9.17) is 4.74 Å². The number of hydrogen-bond donors (Lipinski definition) is 1. The van der Waals surface area contributed by atoms with E-state index in [2.05, 4.69) is 5.32 Å². The molecule has 4 rings (SSSR count). The molecule has 0 fully saturated rings. The number of amides is 2. The molecule has 0 aliphatic heterocycles. The Morgan fingerprint density at radius 2 is 1.37 bits per heavy atom. The molecule has 2 amide bonds. The second-order valence-electron chi connectivity index (χ2n) is 11.8. The lowest BCUT2D eigenvalue weighted by Crippen LogP contribution is -2.53. The smallest absolute Gasteiger partial charge is 0.264 e. The van der Waals surface area contributed by atoms with Gasteiger partial charge in [0.15, 0.2) is 0 Å².